The van der Waals surface area contributed by atoms with Gasteiger partial charge in [-0.2, -0.15) is 0 Å². The molecule has 3 nitrogen and oxygen atoms in total. The Balaban J connectivity index is 2.40. The van der Waals surface area contributed by atoms with Crippen LogP contribution in [-0.4, -0.2) is 17.8 Å². The number of benzene rings is 1. The SMILES string of the molecule is COc1ccccc1C(C)(N)C1(O)CCCCC1. The van der Waals surface area contributed by atoms with Gasteiger partial charge in [0.25, 0.3) is 0 Å². The maximum atomic E-state index is 10.9. The average Bonchev–Trinajstić information content (AvgIpc) is 2.39. The fraction of sp³-hybridized carbons (Fsp3) is 0.600. The molecule has 3 N–H and O–H groups in total. The van der Waals surface area contributed by atoms with Crippen molar-refractivity contribution >= 4 is 0 Å². The highest BCUT2D eigenvalue weighted by Gasteiger charge is 2.46. The summed E-state index contributed by atoms with van der Waals surface area (Å²) in [6.07, 6.45) is 4.79. The second kappa shape index (κ2) is 4.90. The van der Waals surface area contributed by atoms with Crippen LogP contribution < -0.4 is 10.5 Å². The van der Waals surface area contributed by atoms with Gasteiger partial charge >= 0.3 is 0 Å². The van der Waals surface area contributed by atoms with Gasteiger partial charge in [-0.05, 0) is 25.8 Å². The summed E-state index contributed by atoms with van der Waals surface area (Å²) in [5.41, 5.74) is 5.77. The fourth-order valence-electron chi connectivity index (χ4n) is 2.98. The van der Waals surface area contributed by atoms with E-state index in [0.717, 1.165) is 37.0 Å². The molecule has 1 aliphatic rings. The van der Waals surface area contributed by atoms with E-state index in [1.54, 1.807) is 7.11 Å². The Morgan fingerprint density at radius 1 is 1.22 bits per heavy atom. The molecule has 0 aromatic heterocycles. The molecule has 18 heavy (non-hydrogen) atoms. The van der Waals surface area contributed by atoms with E-state index in [1.807, 2.05) is 31.2 Å². The van der Waals surface area contributed by atoms with Crippen molar-refractivity contribution in [3.63, 3.8) is 0 Å². The monoisotopic (exact) mass is 249 g/mol. The van der Waals surface area contributed by atoms with Gasteiger partial charge in [0.15, 0.2) is 0 Å². The molecule has 0 saturated heterocycles. The van der Waals surface area contributed by atoms with Crippen LogP contribution in [0.4, 0.5) is 0 Å². The van der Waals surface area contributed by atoms with Gasteiger partial charge in [-0.15, -0.1) is 0 Å². The minimum Gasteiger partial charge on any atom is -0.496 e. The number of hydrogen-bond donors (Lipinski definition) is 2. The van der Waals surface area contributed by atoms with Gasteiger partial charge in [-0.25, -0.2) is 0 Å². The minimum absolute atomic E-state index is 0.751. The van der Waals surface area contributed by atoms with Gasteiger partial charge in [-0.1, -0.05) is 37.5 Å². The van der Waals surface area contributed by atoms with Crippen molar-refractivity contribution in [2.45, 2.75) is 50.2 Å². The number of rotatable bonds is 3. The Labute approximate surface area is 109 Å². The van der Waals surface area contributed by atoms with Crippen molar-refractivity contribution < 1.29 is 9.84 Å². The molecule has 0 amide bonds. The first kappa shape index (κ1) is 13.4. The van der Waals surface area contributed by atoms with Crippen LogP contribution in [0.5, 0.6) is 5.75 Å². The zero-order valence-corrected chi connectivity index (χ0v) is 11.3. The molecule has 1 unspecified atom stereocenters. The van der Waals surface area contributed by atoms with Crippen molar-refractivity contribution in [2.75, 3.05) is 7.11 Å². The Morgan fingerprint density at radius 2 is 1.83 bits per heavy atom. The van der Waals surface area contributed by atoms with Crippen molar-refractivity contribution in [1.82, 2.24) is 0 Å². The molecule has 0 aliphatic heterocycles. The Bertz CT molecular complexity index is 409. The second-order valence-corrected chi connectivity index (χ2v) is 5.49. The van der Waals surface area contributed by atoms with Gasteiger partial charge in [0, 0.05) is 5.56 Å². The summed E-state index contributed by atoms with van der Waals surface area (Å²) in [5.74, 6) is 0.751. The van der Waals surface area contributed by atoms with Crippen LogP contribution in [0.15, 0.2) is 24.3 Å². The van der Waals surface area contributed by atoms with Crippen LogP contribution in [0, 0.1) is 0 Å². The third-order valence-electron chi connectivity index (χ3n) is 4.31. The summed E-state index contributed by atoms with van der Waals surface area (Å²) in [7, 11) is 1.64. The molecule has 1 aliphatic carbocycles. The van der Waals surface area contributed by atoms with Crippen LogP contribution in [0.25, 0.3) is 0 Å². The molecule has 1 aromatic rings. The second-order valence-electron chi connectivity index (χ2n) is 5.49. The smallest absolute Gasteiger partial charge is 0.124 e. The fourth-order valence-corrected chi connectivity index (χ4v) is 2.98. The molecule has 2 rings (SSSR count). The van der Waals surface area contributed by atoms with Crippen LogP contribution in [0.3, 0.4) is 0 Å². The Hall–Kier alpha value is -1.06. The molecule has 1 atom stereocenters. The third-order valence-corrected chi connectivity index (χ3v) is 4.31. The molecule has 1 aromatic carbocycles. The van der Waals surface area contributed by atoms with Crippen molar-refractivity contribution in [3.8, 4) is 5.75 Å². The summed E-state index contributed by atoms with van der Waals surface area (Å²) in [6.45, 7) is 1.91. The molecular weight excluding hydrogens is 226 g/mol. The number of aliphatic hydroxyl groups is 1. The van der Waals surface area contributed by atoms with E-state index < -0.39 is 11.1 Å². The maximum Gasteiger partial charge on any atom is 0.124 e. The lowest BCUT2D eigenvalue weighted by atomic mass is 9.68. The number of methoxy groups -OCH3 is 1. The first-order valence-corrected chi connectivity index (χ1v) is 6.66. The van der Waals surface area contributed by atoms with E-state index in [-0.39, 0.29) is 0 Å². The summed E-state index contributed by atoms with van der Waals surface area (Å²) in [6, 6.07) is 7.70. The largest absolute Gasteiger partial charge is 0.496 e. The topological polar surface area (TPSA) is 55.5 Å². The van der Waals surface area contributed by atoms with Crippen LogP contribution >= 0.6 is 0 Å². The summed E-state index contributed by atoms with van der Waals surface area (Å²) in [5, 5.41) is 10.9. The van der Waals surface area contributed by atoms with Crippen LogP contribution in [-0.2, 0) is 5.54 Å². The highest BCUT2D eigenvalue weighted by Crippen LogP contribution is 2.43. The molecule has 0 bridgehead atoms. The number of para-hydroxylation sites is 1. The summed E-state index contributed by atoms with van der Waals surface area (Å²) >= 11 is 0. The zero-order chi connectivity index (χ0) is 13.2. The lowest BCUT2D eigenvalue weighted by molar-refractivity contribution is -0.0614. The van der Waals surface area contributed by atoms with Gasteiger partial charge < -0.3 is 15.6 Å². The predicted molar refractivity (Wildman–Crippen MR) is 72.6 cm³/mol. The van der Waals surface area contributed by atoms with Gasteiger partial charge in [0.05, 0.1) is 18.2 Å². The zero-order valence-electron chi connectivity index (χ0n) is 11.3. The lowest BCUT2D eigenvalue weighted by Crippen LogP contribution is -2.57. The van der Waals surface area contributed by atoms with E-state index in [4.69, 9.17) is 10.5 Å². The van der Waals surface area contributed by atoms with Gasteiger partial charge in [0.1, 0.15) is 5.75 Å². The van der Waals surface area contributed by atoms with E-state index in [1.165, 1.54) is 6.42 Å². The van der Waals surface area contributed by atoms with E-state index in [9.17, 15) is 5.11 Å². The summed E-state index contributed by atoms with van der Waals surface area (Å²) in [4.78, 5) is 0. The minimum atomic E-state index is -0.833. The van der Waals surface area contributed by atoms with Gasteiger partial charge in [0.2, 0.25) is 0 Å². The lowest BCUT2D eigenvalue weighted by Gasteiger charge is -2.45. The Kier molecular flexibility index (Phi) is 3.64. The van der Waals surface area contributed by atoms with E-state index >= 15 is 0 Å². The van der Waals surface area contributed by atoms with Crippen molar-refractivity contribution in [2.24, 2.45) is 5.73 Å². The quantitative estimate of drug-likeness (QED) is 0.865. The first-order chi connectivity index (χ1) is 8.51. The molecule has 100 valence electrons. The standard InChI is InChI=1S/C15H23NO2/c1-14(16,15(17)10-6-3-7-11-15)12-8-4-5-9-13(12)18-2/h4-5,8-9,17H,3,6-7,10-11,16H2,1-2H3. The molecule has 0 spiro atoms. The highest BCUT2D eigenvalue weighted by atomic mass is 16.5. The van der Waals surface area contributed by atoms with Crippen molar-refractivity contribution in [1.29, 1.82) is 0 Å². The number of ether oxygens (including phenoxy) is 1. The predicted octanol–water partition coefficient (Wildman–Crippen LogP) is 2.56. The Morgan fingerprint density at radius 3 is 2.44 bits per heavy atom. The molecule has 0 radical (unpaired) electrons. The third kappa shape index (κ3) is 2.13. The van der Waals surface area contributed by atoms with Crippen LogP contribution in [0.2, 0.25) is 0 Å². The highest BCUT2D eigenvalue weighted by molar-refractivity contribution is 5.40. The maximum absolute atomic E-state index is 10.9. The molecule has 1 saturated carbocycles. The molecular formula is C15H23NO2. The summed E-state index contributed by atoms with van der Waals surface area (Å²) < 4.78 is 5.38. The molecule has 0 heterocycles. The van der Waals surface area contributed by atoms with E-state index in [2.05, 4.69) is 0 Å². The van der Waals surface area contributed by atoms with Crippen LogP contribution in [0.1, 0.15) is 44.6 Å². The van der Waals surface area contributed by atoms with E-state index in [0.29, 0.717) is 0 Å². The average molecular weight is 249 g/mol. The number of nitrogens with two attached hydrogens (primary N) is 1. The molecule has 1 fully saturated rings. The molecule has 3 heteroatoms. The number of hydrogen-bond acceptors (Lipinski definition) is 3. The van der Waals surface area contributed by atoms with Gasteiger partial charge in [-0.3, -0.25) is 0 Å². The first-order valence-electron chi connectivity index (χ1n) is 6.66. The normalized spacial score (nSPS) is 22.2. The van der Waals surface area contributed by atoms with Crippen molar-refractivity contribution in [3.05, 3.63) is 29.8 Å².